The van der Waals surface area contributed by atoms with Gasteiger partial charge in [-0.2, -0.15) is 0 Å². The number of nitrogens with zero attached hydrogens (tertiary/aromatic N) is 1. The zero-order valence-corrected chi connectivity index (χ0v) is 14.3. The second-order valence-electron chi connectivity index (χ2n) is 5.97. The monoisotopic (exact) mass is 363 g/mol. The first kappa shape index (κ1) is 17.3. The molecule has 25 heavy (non-hydrogen) atoms. The molecule has 1 aliphatic rings. The maximum atomic E-state index is 13.7. The van der Waals surface area contributed by atoms with Crippen molar-refractivity contribution in [2.45, 2.75) is 19.9 Å². The molecule has 2 heterocycles. The Bertz CT molecular complexity index is 874. The highest BCUT2D eigenvalue weighted by atomic mass is 32.1. The molecule has 1 aromatic carbocycles. The molecular weight excluding hydrogens is 348 g/mol. The van der Waals surface area contributed by atoms with Crippen LogP contribution in [0.15, 0.2) is 47.0 Å². The fourth-order valence-corrected chi connectivity index (χ4v) is 3.61. The summed E-state index contributed by atoms with van der Waals surface area (Å²) in [6.07, 6.45) is 0. The van der Waals surface area contributed by atoms with Gasteiger partial charge in [0.2, 0.25) is 0 Å². The van der Waals surface area contributed by atoms with Crippen molar-refractivity contribution in [3.05, 3.63) is 63.6 Å². The molecule has 0 aliphatic carbocycles. The van der Waals surface area contributed by atoms with E-state index in [1.54, 1.807) is 31.4 Å². The van der Waals surface area contributed by atoms with Gasteiger partial charge in [-0.3, -0.25) is 14.5 Å². The number of carbonyl (C=O) groups is 2. The average molecular weight is 363 g/mol. The van der Waals surface area contributed by atoms with E-state index in [1.165, 1.54) is 17.4 Å². The minimum absolute atomic E-state index is 0.0211. The van der Waals surface area contributed by atoms with Crippen LogP contribution in [0, 0.1) is 17.6 Å². The van der Waals surface area contributed by atoms with Gasteiger partial charge >= 0.3 is 0 Å². The maximum absolute atomic E-state index is 13.7. The number of carbonyl (C=O) groups excluding carboxylic acids is 2. The van der Waals surface area contributed by atoms with E-state index in [9.17, 15) is 23.5 Å². The number of benzene rings is 1. The van der Waals surface area contributed by atoms with Crippen LogP contribution < -0.4 is 4.90 Å². The molecule has 7 heteroatoms. The van der Waals surface area contributed by atoms with Gasteiger partial charge in [0, 0.05) is 22.5 Å². The lowest BCUT2D eigenvalue weighted by Crippen LogP contribution is -2.31. The molecule has 3 rings (SSSR count). The summed E-state index contributed by atoms with van der Waals surface area (Å²) in [6.45, 7) is 3.33. The molecule has 1 unspecified atom stereocenters. The van der Waals surface area contributed by atoms with E-state index in [0.717, 1.165) is 17.0 Å². The largest absolute Gasteiger partial charge is 0.503 e. The zero-order chi connectivity index (χ0) is 18.3. The van der Waals surface area contributed by atoms with Gasteiger partial charge in [0.1, 0.15) is 6.04 Å². The summed E-state index contributed by atoms with van der Waals surface area (Å²) in [7, 11) is 0. The average Bonchev–Trinajstić information content (AvgIpc) is 3.17. The van der Waals surface area contributed by atoms with E-state index < -0.39 is 35.3 Å². The number of Topliss-reactive ketones (excluding diaryl/α,β-unsaturated/α-hetero) is 1. The van der Waals surface area contributed by atoms with Crippen LogP contribution in [0.3, 0.4) is 0 Å². The van der Waals surface area contributed by atoms with E-state index in [-0.39, 0.29) is 17.0 Å². The number of rotatable bonds is 4. The van der Waals surface area contributed by atoms with Crippen molar-refractivity contribution in [1.29, 1.82) is 0 Å². The Balaban J connectivity index is 2.17. The molecule has 0 fully saturated rings. The van der Waals surface area contributed by atoms with Crippen LogP contribution in [0.2, 0.25) is 0 Å². The molecule has 1 atom stereocenters. The number of hydrogen-bond acceptors (Lipinski definition) is 4. The van der Waals surface area contributed by atoms with Crippen molar-refractivity contribution >= 4 is 28.7 Å². The molecule has 1 amide bonds. The number of aliphatic hydroxyl groups is 1. The van der Waals surface area contributed by atoms with Gasteiger partial charge in [0.05, 0.1) is 5.57 Å². The molecule has 130 valence electrons. The molecule has 2 aromatic rings. The molecular formula is C18H15F2NO3S. The van der Waals surface area contributed by atoms with Gasteiger partial charge in [-0.1, -0.05) is 19.9 Å². The Labute approximate surface area is 147 Å². The number of halogens is 2. The smallest absolute Gasteiger partial charge is 0.294 e. The van der Waals surface area contributed by atoms with Crippen LogP contribution in [0.4, 0.5) is 14.5 Å². The highest BCUT2D eigenvalue weighted by Gasteiger charge is 2.45. The summed E-state index contributed by atoms with van der Waals surface area (Å²) >= 11 is 1.30. The summed E-state index contributed by atoms with van der Waals surface area (Å²) in [5.41, 5.74) is 0.0487. The van der Waals surface area contributed by atoms with Crippen molar-refractivity contribution in [1.82, 2.24) is 0 Å². The van der Waals surface area contributed by atoms with E-state index >= 15 is 0 Å². The van der Waals surface area contributed by atoms with Crippen LogP contribution in [-0.2, 0) is 9.59 Å². The van der Waals surface area contributed by atoms with Gasteiger partial charge in [0.15, 0.2) is 23.2 Å². The SMILES string of the molecule is CC(C)C(=O)C1=C(O)C(=O)N(c2ccc(F)c(F)c2)C1c1cccs1. The van der Waals surface area contributed by atoms with Crippen molar-refractivity contribution in [3.8, 4) is 0 Å². The van der Waals surface area contributed by atoms with Crippen molar-refractivity contribution in [3.63, 3.8) is 0 Å². The van der Waals surface area contributed by atoms with Gasteiger partial charge in [-0.25, -0.2) is 8.78 Å². The fourth-order valence-electron chi connectivity index (χ4n) is 2.79. The lowest BCUT2D eigenvalue weighted by molar-refractivity contribution is -0.119. The van der Waals surface area contributed by atoms with Gasteiger partial charge in [-0.15, -0.1) is 11.3 Å². The van der Waals surface area contributed by atoms with Gasteiger partial charge < -0.3 is 5.11 Å². The first-order chi connectivity index (χ1) is 11.8. The molecule has 1 aromatic heterocycles. The highest BCUT2D eigenvalue weighted by Crippen LogP contribution is 2.43. The normalized spacial score (nSPS) is 17.7. The Hall–Kier alpha value is -2.54. The summed E-state index contributed by atoms with van der Waals surface area (Å²) in [5, 5.41) is 12.1. The second kappa shape index (κ2) is 6.40. The van der Waals surface area contributed by atoms with E-state index in [0.29, 0.717) is 4.88 Å². The summed E-state index contributed by atoms with van der Waals surface area (Å²) < 4.78 is 26.9. The van der Waals surface area contributed by atoms with Crippen molar-refractivity contribution in [2.75, 3.05) is 4.90 Å². The van der Waals surface area contributed by atoms with Crippen LogP contribution in [0.1, 0.15) is 24.8 Å². The molecule has 0 spiro atoms. The standard InChI is InChI=1S/C18H15F2NO3S/c1-9(2)16(22)14-15(13-4-3-7-25-13)21(18(24)17(14)23)10-5-6-11(19)12(20)8-10/h3-9,15,23H,1-2H3. The molecule has 0 saturated heterocycles. The van der Waals surface area contributed by atoms with Gasteiger partial charge in [0.25, 0.3) is 5.91 Å². The lowest BCUT2D eigenvalue weighted by Gasteiger charge is -2.26. The topological polar surface area (TPSA) is 57.6 Å². The predicted molar refractivity (Wildman–Crippen MR) is 90.4 cm³/mol. The second-order valence-corrected chi connectivity index (χ2v) is 6.95. The Morgan fingerprint density at radius 1 is 1.24 bits per heavy atom. The number of thiophene rings is 1. The number of hydrogen-bond donors (Lipinski definition) is 1. The quantitative estimate of drug-likeness (QED) is 0.888. The molecule has 0 bridgehead atoms. The molecule has 4 nitrogen and oxygen atoms in total. The maximum Gasteiger partial charge on any atom is 0.294 e. The number of ketones is 1. The third-order valence-corrected chi connectivity index (χ3v) is 4.92. The molecule has 0 radical (unpaired) electrons. The van der Waals surface area contributed by atoms with Crippen LogP contribution in [0.25, 0.3) is 0 Å². The first-order valence-corrected chi connectivity index (χ1v) is 8.50. The fraction of sp³-hybridized carbons (Fsp3) is 0.222. The van der Waals surface area contributed by atoms with Crippen molar-refractivity contribution < 1.29 is 23.5 Å². The molecule has 0 saturated carbocycles. The third-order valence-electron chi connectivity index (χ3n) is 3.99. The minimum Gasteiger partial charge on any atom is -0.503 e. The third kappa shape index (κ3) is 2.84. The zero-order valence-electron chi connectivity index (χ0n) is 13.5. The minimum atomic E-state index is -1.11. The van der Waals surface area contributed by atoms with E-state index in [1.807, 2.05) is 0 Å². The van der Waals surface area contributed by atoms with E-state index in [4.69, 9.17) is 0 Å². The first-order valence-electron chi connectivity index (χ1n) is 7.62. The predicted octanol–water partition coefficient (Wildman–Crippen LogP) is 4.15. The number of amides is 1. The molecule has 1 N–H and O–H groups in total. The lowest BCUT2D eigenvalue weighted by atomic mass is 9.94. The number of anilines is 1. The Morgan fingerprint density at radius 2 is 1.96 bits per heavy atom. The van der Waals surface area contributed by atoms with Crippen LogP contribution in [0.5, 0.6) is 0 Å². The van der Waals surface area contributed by atoms with Crippen LogP contribution in [-0.4, -0.2) is 16.8 Å². The van der Waals surface area contributed by atoms with E-state index in [2.05, 4.69) is 0 Å². The van der Waals surface area contributed by atoms with Crippen LogP contribution >= 0.6 is 11.3 Å². The van der Waals surface area contributed by atoms with Crippen molar-refractivity contribution in [2.24, 2.45) is 5.92 Å². The van der Waals surface area contributed by atoms with Gasteiger partial charge in [-0.05, 0) is 23.6 Å². The Kier molecular flexibility index (Phi) is 4.43. The number of aliphatic hydroxyl groups excluding tert-OH is 1. The Morgan fingerprint density at radius 3 is 2.52 bits per heavy atom. The summed E-state index contributed by atoms with van der Waals surface area (Å²) in [4.78, 5) is 26.9. The molecule has 1 aliphatic heterocycles. The summed E-state index contributed by atoms with van der Waals surface area (Å²) in [5.74, 6) is -4.42. The highest BCUT2D eigenvalue weighted by molar-refractivity contribution is 7.10. The summed E-state index contributed by atoms with van der Waals surface area (Å²) in [6, 6.07) is 5.63.